The van der Waals surface area contributed by atoms with Crippen molar-refractivity contribution in [3.8, 4) is 0 Å². The van der Waals surface area contributed by atoms with E-state index in [0.717, 1.165) is 5.69 Å². The van der Waals surface area contributed by atoms with E-state index in [0.29, 0.717) is 25.3 Å². The van der Waals surface area contributed by atoms with Crippen LogP contribution in [0.2, 0.25) is 0 Å². The molecule has 106 valence electrons. The lowest BCUT2D eigenvalue weighted by molar-refractivity contribution is 0.147. The standard InChI is InChI=1S/C14H23N3O2/c1-11(2)9-13(18)10-17-14(19)16-8-6-12-5-3-4-7-15-12/h3-5,7,11,13,18H,6,8-10H2,1-2H3,(H2,16,17,19). The van der Waals surface area contributed by atoms with Gasteiger partial charge in [-0.05, 0) is 24.5 Å². The zero-order valence-electron chi connectivity index (χ0n) is 11.6. The molecular formula is C14H23N3O2. The summed E-state index contributed by atoms with van der Waals surface area (Å²) in [5.74, 6) is 0.420. The Morgan fingerprint density at radius 2 is 2.16 bits per heavy atom. The average molecular weight is 265 g/mol. The largest absolute Gasteiger partial charge is 0.391 e. The van der Waals surface area contributed by atoms with Crippen molar-refractivity contribution >= 4 is 6.03 Å². The lowest BCUT2D eigenvalue weighted by atomic mass is 10.1. The number of amides is 2. The van der Waals surface area contributed by atoms with Crippen molar-refractivity contribution in [2.24, 2.45) is 5.92 Å². The normalized spacial score (nSPS) is 12.2. The minimum atomic E-state index is -0.485. The van der Waals surface area contributed by atoms with Crippen LogP contribution in [0.4, 0.5) is 4.79 Å². The highest BCUT2D eigenvalue weighted by atomic mass is 16.3. The number of aliphatic hydroxyl groups is 1. The van der Waals surface area contributed by atoms with E-state index < -0.39 is 6.10 Å². The molecular weight excluding hydrogens is 242 g/mol. The number of hydrogen-bond acceptors (Lipinski definition) is 3. The third kappa shape index (κ3) is 7.41. The minimum absolute atomic E-state index is 0.251. The number of aromatic nitrogens is 1. The molecule has 5 nitrogen and oxygen atoms in total. The van der Waals surface area contributed by atoms with E-state index in [-0.39, 0.29) is 12.6 Å². The Kier molecular flexibility index (Phi) is 6.89. The summed E-state index contributed by atoms with van der Waals surface area (Å²) in [6.45, 7) is 4.89. The van der Waals surface area contributed by atoms with Crippen LogP contribution in [0.1, 0.15) is 26.0 Å². The highest BCUT2D eigenvalue weighted by Gasteiger charge is 2.08. The Balaban J connectivity index is 2.11. The number of carbonyl (C=O) groups is 1. The summed E-state index contributed by atoms with van der Waals surface area (Å²) in [7, 11) is 0. The monoisotopic (exact) mass is 265 g/mol. The first-order chi connectivity index (χ1) is 9.08. The second-order valence-electron chi connectivity index (χ2n) is 4.99. The molecule has 0 aliphatic heterocycles. The van der Waals surface area contributed by atoms with Gasteiger partial charge in [0.1, 0.15) is 0 Å². The van der Waals surface area contributed by atoms with E-state index in [1.807, 2.05) is 32.0 Å². The minimum Gasteiger partial charge on any atom is -0.391 e. The molecule has 0 aromatic carbocycles. The lowest BCUT2D eigenvalue weighted by Crippen LogP contribution is -2.40. The fraction of sp³-hybridized carbons (Fsp3) is 0.571. The van der Waals surface area contributed by atoms with Gasteiger partial charge in [0.25, 0.3) is 0 Å². The maximum atomic E-state index is 11.5. The molecule has 0 aliphatic carbocycles. The van der Waals surface area contributed by atoms with Crippen molar-refractivity contribution < 1.29 is 9.90 Å². The van der Waals surface area contributed by atoms with Crippen LogP contribution in [0.5, 0.6) is 0 Å². The van der Waals surface area contributed by atoms with Gasteiger partial charge in [-0.15, -0.1) is 0 Å². The molecule has 1 rings (SSSR count). The topological polar surface area (TPSA) is 74.2 Å². The molecule has 0 aliphatic rings. The molecule has 0 spiro atoms. The number of carbonyl (C=O) groups excluding carboxylic acids is 1. The lowest BCUT2D eigenvalue weighted by Gasteiger charge is -2.14. The molecule has 5 heteroatoms. The average Bonchev–Trinajstić information content (AvgIpc) is 2.37. The highest BCUT2D eigenvalue weighted by molar-refractivity contribution is 5.73. The number of hydrogen-bond donors (Lipinski definition) is 3. The van der Waals surface area contributed by atoms with E-state index >= 15 is 0 Å². The van der Waals surface area contributed by atoms with Gasteiger partial charge < -0.3 is 15.7 Å². The summed E-state index contributed by atoms with van der Waals surface area (Å²) in [6.07, 6.45) is 2.64. The Hall–Kier alpha value is -1.62. The fourth-order valence-corrected chi connectivity index (χ4v) is 1.75. The summed E-state index contributed by atoms with van der Waals surface area (Å²) >= 11 is 0. The number of nitrogens with one attached hydrogen (secondary N) is 2. The summed E-state index contributed by atoms with van der Waals surface area (Å²) in [4.78, 5) is 15.6. The molecule has 1 aromatic rings. The van der Waals surface area contributed by atoms with E-state index in [1.54, 1.807) is 6.20 Å². The maximum absolute atomic E-state index is 11.5. The SMILES string of the molecule is CC(C)CC(O)CNC(=O)NCCc1ccccn1. The molecule has 2 amide bonds. The van der Waals surface area contributed by atoms with Gasteiger partial charge in [0, 0.05) is 31.4 Å². The molecule has 19 heavy (non-hydrogen) atoms. The van der Waals surface area contributed by atoms with Crippen molar-refractivity contribution in [2.45, 2.75) is 32.8 Å². The second-order valence-corrected chi connectivity index (χ2v) is 4.99. The zero-order chi connectivity index (χ0) is 14.1. The van der Waals surface area contributed by atoms with Crippen LogP contribution < -0.4 is 10.6 Å². The van der Waals surface area contributed by atoms with Crippen LogP contribution in [0, 0.1) is 5.92 Å². The van der Waals surface area contributed by atoms with Crippen LogP contribution >= 0.6 is 0 Å². The third-order valence-corrected chi connectivity index (χ3v) is 2.63. The number of pyridine rings is 1. The zero-order valence-corrected chi connectivity index (χ0v) is 11.6. The van der Waals surface area contributed by atoms with Crippen LogP contribution in [0.25, 0.3) is 0 Å². The van der Waals surface area contributed by atoms with Crippen LogP contribution in [0.15, 0.2) is 24.4 Å². The molecule has 0 saturated heterocycles. The molecule has 0 bridgehead atoms. The molecule has 0 fully saturated rings. The molecule has 1 aromatic heterocycles. The fourth-order valence-electron chi connectivity index (χ4n) is 1.75. The van der Waals surface area contributed by atoms with Gasteiger partial charge in [0.15, 0.2) is 0 Å². The van der Waals surface area contributed by atoms with Crippen LogP contribution in [0.3, 0.4) is 0 Å². The van der Waals surface area contributed by atoms with Crippen LogP contribution in [-0.2, 0) is 6.42 Å². The quantitative estimate of drug-likeness (QED) is 0.696. The first-order valence-corrected chi connectivity index (χ1v) is 6.67. The highest BCUT2D eigenvalue weighted by Crippen LogP contribution is 2.02. The van der Waals surface area contributed by atoms with E-state index in [9.17, 15) is 9.90 Å². The van der Waals surface area contributed by atoms with Gasteiger partial charge in [-0.2, -0.15) is 0 Å². The van der Waals surface area contributed by atoms with E-state index in [1.165, 1.54) is 0 Å². The van der Waals surface area contributed by atoms with E-state index in [4.69, 9.17) is 0 Å². The Morgan fingerprint density at radius 3 is 2.79 bits per heavy atom. The predicted molar refractivity (Wildman–Crippen MR) is 74.8 cm³/mol. The van der Waals surface area contributed by atoms with Crippen molar-refractivity contribution in [3.63, 3.8) is 0 Å². The van der Waals surface area contributed by atoms with Crippen molar-refractivity contribution in [3.05, 3.63) is 30.1 Å². The van der Waals surface area contributed by atoms with E-state index in [2.05, 4.69) is 15.6 Å². The summed E-state index contributed by atoms with van der Waals surface area (Å²) < 4.78 is 0. The summed E-state index contributed by atoms with van der Waals surface area (Å²) in [6, 6.07) is 5.45. The van der Waals surface area contributed by atoms with Gasteiger partial charge in [0.2, 0.25) is 0 Å². The number of aliphatic hydroxyl groups excluding tert-OH is 1. The van der Waals surface area contributed by atoms with Gasteiger partial charge in [-0.3, -0.25) is 4.98 Å². The molecule has 3 N–H and O–H groups in total. The summed E-state index contributed by atoms with van der Waals surface area (Å²) in [5.41, 5.74) is 0.947. The van der Waals surface area contributed by atoms with Gasteiger partial charge in [0.05, 0.1) is 6.10 Å². The molecule has 0 saturated carbocycles. The predicted octanol–water partition coefficient (Wildman–Crippen LogP) is 1.33. The van der Waals surface area contributed by atoms with Gasteiger partial charge in [-0.1, -0.05) is 19.9 Å². The Labute approximate surface area is 114 Å². The van der Waals surface area contributed by atoms with Gasteiger partial charge >= 0.3 is 6.03 Å². The molecule has 1 unspecified atom stereocenters. The number of nitrogens with zero attached hydrogens (tertiary/aromatic N) is 1. The second kappa shape index (κ2) is 8.48. The maximum Gasteiger partial charge on any atom is 0.314 e. The molecule has 1 atom stereocenters. The van der Waals surface area contributed by atoms with Crippen molar-refractivity contribution in [1.82, 2.24) is 15.6 Å². The molecule has 1 heterocycles. The smallest absolute Gasteiger partial charge is 0.314 e. The van der Waals surface area contributed by atoms with Crippen molar-refractivity contribution in [2.75, 3.05) is 13.1 Å². The summed E-state index contributed by atoms with van der Waals surface area (Å²) in [5, 5.41) is 15.0. The van der Waals surface area contributed by atoms with Gasteiger partial charge in [-0.25, -0.2) is 4.79 Å². The van der Waals surface area contributed by atoms with Crippen molar-refractivity contribution in [1.29, 1.82) is 0 Å². The first-order valence-electron chi connectivity index (χ1n) is 6.67. The number of rotatable bonds is 7. The third-order valence-electron chi connectivity index (χ3n) is 2.63. The Bertz CT molecular complexity index is 368. The van der Waals surface area contributed by atoms with Crippen LogP contribution in [-0.4, -0.2) is 35.3 Å². The Morgan fingerprint density at radius 1 is 1.37 bits per heavy atom. The first kappa shape index (κ1) is 15.4. The molecule has 0 radical (unpaired) electrons. The number of urea groups is 1.